The summed E-state index contributed by atoms with van der Waals surface area (Å²) in [5.41, 5.74) is 14.4. The van der Waals surface area contributed by atoms with Gasteiger partial charge in [-0.2, -0.15) is 0 Å². The van der Waals surface area contributed by atoms with E-state index in [-0.39, 0.29) is 34.1 Å². The predicted octanol–water partition coefficient (Wildman–Crippen LogP) is 7.87. The molecular formula is C27H20Br2N2O2S2. The van der Waals surface area contributed by atoms with Gasteiger partial charge in [-0.3, -0.25) is 9.59 Å². The predicted molar refractivity (Wildman–Crippen MR) is 151 cm³/mol. The Balaban J connectivity index is 1.69. The van der Waals surface area contributed by atoms with E-state index in [2.05, 4.69) is 57.0 Å². The zero-order valence-corrected chi connectivity index (χ0v) is 23.4. The first-order valence-electron chi connectivity index (χ1n) is 10.9. The van der Waals surface area contributed by atoms with Crippen molar-refractivity contribution in [2.75, 3.05) is 11.5 Å². The standard InChI is InChI=1S/C27H20Br2N2O2S2/c1-13-7-9-15(10-8-13)35-19-12-17(29)25(31)23-21(19)27(33)22-20(26(23)32)18(11-16(28)24(22)30)34-14-5-3-2-4-6-14/h2-7,9-13H,8,30-31H2,1H3. The molecule has 0 aliphatic heterocycles. The Kier molecular flexibility index (Phi) is 6.74. The average Bonchev–Trinajstić information content (AvgIpc) is 2.84. The van der Waals surface area contributed by atoms with Crippen LogP contribution < -0.4 is 11.5 Å². The number of thioether (sulfide) groups is 1. The maximum Gasteiger partial charge on any atom is 0.197 e. The molecule has 35 heavy (non-hydrogen) atoms. The van der Waals surface area contributed by atoms with Gasteiger partial charge in [0.15, 0.2) is 11.6 Å². The number of anilines is 2. The molecule has 176 valence electrons. The van der Waals surface area contributed by atoms with Gasteiger partial charge in [-0.1, -0.05) is 66.9 Å². The lowest BCUT2D eigenvalue weighted by Gasteiger charge is -2.26. The van der Waals surface area contributed by atoms with Gasteiger partial charge < -0.3 is 11.5 Å². The number of allylic oxidation sites excluding steroid dienone is 3. The molecule has 0 aromatic heterocycles. The Morgan fingerprint density at radius 3 is 1.89 bits per heavy atom. The molecule has 0 heterocycles. The number of ketones is 2. The Morgan fingerprint density at radius 1 is 0.829 bits per heavy atom. The van der Waals surface area contributed by atoms with Crippen LogP contribution in [0.15, 0.2) is 89.2 Å². The van der Waals surface area contributed by atoms with Crippen LogP contribution in [0.1, 0.15) is 45.2 Å². The molecule has 2 aliphatic rings. The lowest BCUT2D eigenvalue weighted by atomic mass is 9.82. The van der Waals surface area contributed by atoms with E-state index in [1.807, 2.05) is 36.4 Å². The highest BCUT2D eigenvalue weighted by atomic mass is 79.9. The van der Waals surface area contributed by atoms with Crippen molar-refractivity contribution in [1.29, 1.82) is 0 Å². The van der Waals surface area contributed by atoms with Crippen LogP contribution in [0.3, 0.4) is 0 Å². The summed E-state index contributed by atoms with van der Waals surface area (Å²) in [6.45, 7) is 2.15. The highest BCUT2D eigenvalue weighted by Gasteiger charge is 2.38. The van der Waals surface area contributed by atoms with Crippen LogP contribution in [-0.4, -0.2) is 11.6 Å². The maximum atomic E-state index is 14.0. The smallest absolute Gasteiger partial charge is 0.197 e. The van der Waals surface area contributed by atoms with Crippen LogP contribution in [-0.2, 0) is 0 Å². The average molecular weight is 628 g/mol. The molecule has 0 amide bonds. The third-order valence-electron chi connectivity index (χ3n) is 5.95. The monoisotopic (exact) mass is 626 g/mol. The highest BCUT2D eigenvalue weighted by molar-refractivity contribution is 9.11. The van der Waals surface area contributed by atoms with Crippen molar-refractivity contribution in [3.63, 3.8) is 0 Å². The second-order valence-corrected chi connectivity index (χ2v) is 12.3. The van der Waals surface area contributed by atoms with E-state index in [1.165, 1.54) is 23.5 Å². The van der Waals surface area contributed by atoms with Crippen LogP contribution in [0.25, 0.3) is 0 Å². The van der Waals surface area contributed by atoms with E-state index in [0.29, 0.717) is 35.8 Å². The summed E-state index contributed by atoms with van der Waals surface area (Å²) in [4.78, 5) is 31.3. The molecule has 0 fully saturated rings. The van der Waals surface area contributed by atoms with Crippen molar-refractivity contribution < 1.29 is 9.59 Å². The number of rotatable bonds is 4. The van der Waals surface area contributed by atoms with Crippen molar-refractivity contribution in [3.05, 3.63) is 96.8 Å². The minimum Gasteiger partial charge on any atom is -0.397 e. The summed E-state index contributed by atoms with van der Waals surface area (Å²) in [5, 5.41) is 0. The van der Waals surface area contributed by atoms with Crippen molar-refractivity contribution in [1.82, 2.24) is 0 Å². The molecule has 0 spiro atoms. The molecule has 4 nitrogen and oxygen atoms in total. The molecule has 3 aromatic carbocycles. The first-order valence-corrected chi connectivity index (χ1v) is 14.1. The largest absolute Gasteiger partial charge is 0.397 e. The molecule has 0 saturated heterocycles. The SMILES string of the molecule is CC1C=CC(Sc2cc(Br)c(N)c3c2C(=O)c2c(N)c(Br)cc(Sc4ccccc4)c2C3=O)=CC1. The summed E-state index contributed by atoms with van der Waals surface area (Å²) >= 11 is 9.88. The van der Waals surface area contributed by atoms with Crippen LogP contribution in [0, 0.1) is 5.92 Å². The van der Waals surface area contributed by atoms with Crippen LogP contribution in [0.5, 0.6) is 0 Å². The summed E-state index contributed by atoms with van der Waals surface area (Å²) < 4.78 is 1.16. The molecule has 3 aromatic rings. The Morgan fingerprint density at radius 2 is 1.37 bits per heavy atom. The molecule has 2 aliphatic carbocycles. The van der Waals surface area contributed by atoms with Crippen molar-refractivity contribution in [2.24, 2.45) is 5.92 Å². The van der Waals surface area contributed by atoms with Crippen molar-refractivity contribution in [3.8, 4) is 0 Å². The van der Waals surface area contributed by atoms with Gasteiger partial charge in [-0.15, -0.1) is 0 Å². The zero-order valence-electron chi connectivity index (χ0n) is 18.6. The van der Waals surface area contributed by atoms with Gasteiger partial charge in [0.2, 0.25) is 0 Å². The van der Waals surface area contributed by atoms with E-state index in [9.17, 15) is 9.59 Å². The van der Waals surface area contributed by atoms with Gasteiger partial charge in [0.1, 0.15) is 0 Å². The quantitative estimate of drug-likeness (QED) is 0.224. The summed E-state index contributed by atoms with van der Waals surface area (Å²) in [5.74, 6) is -0.118. The van der Waals surface area contributed by atoms with Crippen LogP contribution >= 0.6 is 55.4 Å². The van der Waals surface area contributed by atoms with E-state index >= 15 is 0 Å². The first-order chi connectivity index (χ1) is 16.8. The lowest BCUT2D eigenvalue weighted by Crippen LogP contribution is -2.26. The number of carbonyl (C=O) groups excluding carboxylic acids is 2. The van der Waals surface area contributed by atoms with Gasteiger partial charge >= 0.3 is 0 Å². The van der Waals surface area contributed by atoms with Gasteiger partial charge in [0.25, 0.3) is 0 Å². The van der Waals surface area contributed by atoms with E-state index in [1.54, 1.807) is 6.07 Å². The molecule has 0 radical (unpaired) electrons. The van der Waals surface area contributed by atoms with E-state index < -0.39 is 0 Å². The second kappa shape index (κ2) is 9.65. The molecule has 1 atom stereocenters. The maximum absolute atomic E-state index is 14.0. The fourth-order valence-corrected chi connectivity index (χ4v) is 7.38. The first kappa shape index (κ1) is 24.4. The molecule has 8 heteroatoms. The third kappa shape index (κ3) is 4.42. The molecule has 4 N–H and O–H groups in total. The number of halogens is 2. The van der Waals surface area contributed by atoms with Crippen LogP contribution in [0.2, 0.25) is 0 Å². The number of nitrogen functional groups attached to an aromatic ring is 2. The van der Waals surface area contributed by atoms with E-state index in [4.69, 9.17) is 11.5 Å². The van der Waals surface area contributed by atoms with Crippen LogP contribution in [0.4, 0.5) is 11.4 Å². The number of carbonyl (C=O) groups is 2. The van der Waals surface area contributed by atoms with Gasteiger partial charge in [0, 0.05) is 39.7 Å². The van der Waals surface area contributed by atoms with Gasteiger partial charge in [-0.25, -0.2) is 0 Å². The van der Waals surface area contributed by atoms with E-state index in [0.717, 1.165) is 16.2 Å². The molecule has 0 saturated carbocycles. The normalized spacial score (nSPS) is 16.7. The number of fused-ring (bicyclic) bond motifs is 2. The minimum absolute atomic E-state index is 0.223. The third-order valence-corrected chi connectivity index (χ3v) is 9.39. The zero-order chi connectivity index (χ0) is 24.9. The Hall–Kier alpha value is -2.26. The molecular weight excluding hydrogens is 608 g/mol. The van der Waals surface area contributed by atoms with Gasteiger partial charge in [-0.05, 0) is 68.5 Å². The number of nitrogens with two attached hydrogens (primary N) is 2. The fourth-order valence-electron chi connectivity index (χ4n) is 4.14. The fraction of sp³-hybridized carbons (Fsp3) is 0.111. The summed E-state index contributed by atoms with van der Waals surface area (Å²) in [6, 6.07) is 13.3. The van der Waals surface area contributed by atoms with Crippen molar-refractivity contribution >= 4 is 78.3 Å². The van der Waals surface area contributed by atoms with Gasteiger partial charge in [0.05, 0.1) is 22.5 Å². The topological polar surface area (TPSA) is 86.2 Å². The summed E-state index contributed by atoms with van der Waals surface area (Å²) in [6.07, 6.45) is 7.27. The molecule has 5 rings (SSSR count). The Labute approximate surface area is 228 Å². The molecule has 0 bridgehead atoms. The number of hydrogen-bond acceptors (Lipinski definition) is 6. The lowest BCUT2D eigenvalue weighted by molar-refractivity contribution is 0.0976. The Bertz CT molecular complexity index is 1470. The second-order valence-electron chi connectivity index (χ2n) is 8.39. The molecule has 1 unspecified atom stereocenters. The number of hydrogen-bond donors (Lipinski definition) is 2. The number of benzene rings is 3. The minimum atomic E-state index is -0.297. The summed E-state index contributed by atoms with van der Waals surface area (Å²) in [7, 11) is 0. The van der Waals surface area contributed by atoms with Crippen molar-refractivity contribution in [2.45, 2.75) is 28.0 Å². The highest BCUT2D eigenvalue weighted by Crippen LogP contribution is 2.48.